The third kappa shape index (κ3) is 1.99. The van der Waals surface area contributed by atoms with E-state index in [2.05, 4.69) is 15.2 Å². The summed E-state index contributed by atoms with van der Waals surface area (Å²) in [4.78, 5) is 5.18. The molecule has 0 saturated heterocycles. The first kappa shape index (κ1) is 7.67. The molecular formula is C9H8N4. The second-order valence-electron chi connectivity index (χ2n) is 2.47. The molecule has 13 heavy (non-hydrogen) atoms. The topological polar surface area (TPSA) is 43.1 Å². The van der Waals surface area contributed by atoms with Crippen molar-refractivity contribution in [2.75, 3.05) is 0 Å². The van der Waals surface area contributed by atoms with E-state index in [1.54, 1.807) is 12.5 Å². The molecule has 0 aliphatic carbocycles. The Morgan fingerprint density at radius 1 is 1.23 bits per heavy atom. The van der Waals surface area contributed by atoms with Gasteiger partial charge in [0.25, 0.3) is 0 Å². The van der Waals surface area contributed by atoms with Crippen molar-refractivity contribution in [3.05, 3.63) is 48.5 Å². The van der Waals surface area contributed by atoms with Gasteiger partial charge in [0, 0.05) is 0 Å². The minimum atomic E-state index is 1.04. The van der Waals surface area contributed by atoms with Crippen LogP contribution in [0.2, 0.25) is 0 Å². The highest BCUT2D eigenvalue weighted by atomic mass is 15.5. The summed E-state index contributed by atoms with van der Waals surface area (Å²) >= 11 is 0. The molecule has 0 aliphatic rings. The van der Waals surface area contributed by atoms with Gasteiger partial charge in [-0.05, 0) is 5.56 Å². The number of benzene rings is 1. The van der Waals surface area contributed by atoms with Crippen LogP contribution in [0.4, 0.5) is 0 Å². The van der Waals surface area contributed by atoms with E-state index in [0.717, 1.165) is 5.56 Å². The Hall–Kier alpha value is -1.97. The minimum absolute atomic E-state index is 1.04. The zero-order chi connectivity index (χ0) is 8.93. The van der Waals surface area contributed by atoms with Gasteiger partial charge in [-0.3, -0.25) is 0 Å². The van der Waals surface area contributed by atoms with E-state index in [-0.39, 0.29) is 0 Å². The van der Waals surface area contributed by atoms with Gasteiger partial charge < -0.3 is 0 Å². The van der Waals surface area contributed by atoms with E-state index in [9.17, 15) is 0 Å². The molecule has 4 heteroatoms. The maximum atomic E-state index is 4.05. The summed E-state index contributed by atoms with van der Waals surface area (Å²) in [7, 11) is 0. The molecule has 0 saturated carbocycles. The van der Waals surface area contributed by atoms with Crippen LogP contribution < -0.4 is 0 Å². The minimum Gasteiger partial charge on any atom is -0.221 e. The van der Waals surface area contributed by atoms with Crippen molar-refractivity contribution in [3.63, 3.8) is 0 Å². The first-order chi connectivity index (χ1) is 6.45. The van der Waals surface area contributed by atoms with Crippen molar-refractivity contribution >= 4 is 6.21 Å². The molecule has 0 amide bonds. The fraction of sp³-hybridized carbons (Fsp3) is 0. The van der Waals surface area contributed by atoms with E-state index in [0.29, 0.717) is 0 Å². The van der Waals surface area contributed by atoms with Crippen LogP contribution in [0.15, 0.2) is 48.1 Å². The number of rotatable bonds is 2. The molecule has 0 atom stereocenters. The summed E-state index contributed by atoms with van der Waals surface area (Å²) in [5, 5.41) is 7.89. The lowest BCUT2D eigenvalue weighted by Crippen LogP contribution is -1.89. The van der Waals surface area contributed by atoms with Gasteiger partial charge in [-0.25, -0.2) is 4.98 Å². The third-order valence-corrected chi connectivity index (χ3v) is 1.53. The number of nitrogens with zero attached hydrogens (tertiary/aromatic N) is 4. The molecule has 0 radical (unpaired) electrons. The zero-order valence-electron chi connectivity index (χ0n) is 6.91. The predicted octanol–water partition coefficient (Wildman–Crippen LogP) is 1.16. The number of aromatic nitrogens is 3. The van der Waals surface area contributed by atoms with Gasteiger partial charge in [-0.1, -0.05) is 30.3 Å². The summed E-state index contributed by atoms with van der Waals surface area (Å²) in [6.45, 7) is 0. The van der Waals surface area contributed by atoms with E-state index < -0.39 is 0 Å². The van der Waals surface area contributed by atoms with Crippen LogP contribution in [0, 0.1) is 0 Å². The number of hydrogen-bond donors (Lipinski definition) is 0. The van der Waals surface area contributed by atoms with Crippen molar-refractivity contribution in [1.29, 1.82) is 0 Å². The van der Waals surface area contributed by atoms with Crippen molar-refractivity contribution in [1.82, 2.24) is 14.9 Å². The summed E-state index contributed by atoms with van der Waals surface area (Å²) in [5.41, 5.74) is 1.04. The predicted molar refractivity (Wildman–Crippen MR) is 49.5 cm³/mol. The van der Waals surface area contributed by atoms with Crippen LogP contribution in [0.5, 0.6) is 0 Å². The maximum absolute atomic E-state index is 4.05. The van der Waals surface area contributed by atoms with Gasteiger partial charge >= 0.3 is 0 Å². The molecule has 0 bridgehead atoms. The third-order valence-electron chi connectivity index (χ3n) is 1.53. The molecular weight excluding hydrogens is 164 g/mol. The maximum Gasteiger partial charge on any atom is 0.139 e. The summed E-state index contributed by atoms with van der Waals surface area (Å²) in [6, 6.07) is 9.83. The van der Waals surface area contributed by atoms with Crippen LogP contribution in [0.1, 0.15) is 5.56 Å². The van der Waals surface area contributed by atoms with E-state index >= 15 is 0 Å². The molecule has 0 N–H and O–H groups in total. The normalized spacial score (nSPS) is 10.8. The molecule has 0 aliphatic heterocycles. The average Bonchev–Trinajstić information content (AvgIpc) is 2.69. The highest BCUT2D eigenvalue weighted by molar-refractivity contribution is 5.79. The van der Waals surface area contributed by atoms with Crippen LogP contribution in [0.3, 0.4) is 0 Å². The second kappa shape index (κ2) is 3.62. The Kier molecular flexibility index (Phi) is 2.14. The Balaban J connectivity index is 2.15. The zero-order valence-corrected chi connectivity index (χ0v) is 6.91. The fourth-order valence-electron chi connectivity index (χ4n) is 0.927. The Morgan fingerprint density at radius 2 is 2.08 bits per heavy atom. The molecule has 0 fully saturated rings. The lowest BCUT2D eigenvalue weighted by Gasteiger charge is -1.90. The van der Waals surface area contributed by atoms with E-state index in [4.69, 9.17) is 0 Å². The molecule has 1 aromatic heterocycles. The van der Waals surface area contributed by atoms with Gasteiger partial charge in [0.05, 0.1) is 6.21 Å². The fourth-order valence-corrected chi connectivity index (χ4v) is 0.927. The van der Waals surface area contributed by atoms with Gasteiger partial charge in [-0.15, -0.1) is 9.89 Å². The average molecular weight is 172 g/mol. The van der Waals surface area contributed by atoms with Crippen LogP contribution >= 0.6 is 0 Å². The van der Waals surface area contributed by atoms with Gasteiger partial charge in [0.2, 0.25) is 0 Å². The van der Waals surface area contributed by atoms with Crippen molar-refractivity contribution < 1.29 is 0 Å². The van der Waals surface area contributed by atoms with Gasteiger partial charge in [0.1, 0.15) is 12.7 Å². The molecule has 1 aromatic carbocycles. The molecule has 64 valence electrons. The molecule has 2 aromatic rings. The Labute approximate surface area is 75.5 Å². The van der Waals surface area contributed by atoms with Gasteiger partial charge in [0.15, 0.2) is 0 Å². The van der Waals surface area contributed by atoms with Crippen molar-refractivity contribution in [3.8, 4) is 0 Å². The quantitative estimate of drug-likeness (QED) is 0.638. The highest BCUT2D eigenvalue weighted by Gasteiger charge is 1.85. The lowest BCUT2D eigenvalue weighted by atomic mass is 10.2. The largest absolute Gasteiger partial charge is 0.221 e. The van der Waals surface area contributed by atoms with Crippen LogP contribution in [-0.4, -0.2) is 21.1 Å². The van der Waals surface area contributed by atoms with Crippen LogP contribution in [0.25, 0.3) is 0 Å². The smallest absolute Gasteiger partial charge is 0.139 e. The summed E-state index contributed by atoms with van der Waals surface area (Å²) < 4.78 is 0. The monoisotopic (exact) mass is 172 g/mol. The Bertz CT molecular complexity index is 377. The first-order valence-electron chi connectivity index (χ1n) is 3.89. The van der Waals surface area contributed by atoms with Crippen molar-refractivity contribution in [2.24, 2.45) is 5.10 Å². The standard InChI is InChI=1S/C9H8N4/c1-2-4-9(5-3-1)6-11-13-8-10-7-12-13/h1-8H/b11-6+. The lowest BCUT2D eigenvalue weighted by molar-refractivity contribution is 0.743. The van der Waals surface area contributed by atoms with E-state index in [1.807, 2.05) is 30.3 Å². The van der Waals surface area contributed by atoms with E-state index in [1.165, 1.54) is 11.1 Å². The SMILES string of the molecule is C(=N\n1cncn1)/c1ccccc1. The number of hydrogen-bond acceptors (Lipinski definition) is 3. The van der Waals surface area contributed by atoms with Gasteiger partial charge in [-0.2, -0.15) is 5.10 Å². The van der Waals surface area contributed by atoms with Crippen molar-refractivity contribution in [2.45, 2.75) is 0 Å². The first-order valence-corrected chi connectivity index (χ1v) is 3.89. The Morgan fingerprint density at radius 3 is 2.77 bits per heavy atom. The molecule has 0 unspecified atom stereocenters. The van der Waals surface area contributed by atoms with Crippen LogP contribution in [-0.2, 0) is 0 Å². The highest BCUT2D eigenvalue weighted by Crippen LogP contribution is 1.93. The summed E-state index contributed by atoms with van der Waals surface area (Å²) in [6.07, 6.45) is 4.72. The molecule has 0 spiro atoms. The molecule has 1 heterocycles. The molecule has 2 rings (SSSR count). The molecule has 4 nitrogen and oxygen atoms in total. The summed E-state index contributed by atoms with van der Waals surface area (Å²) in [5.74, 6) is 0. The second-order valence-corrected chi connectivity index (χ2v) is 2.47.